The Morgan fingerprint density at radius 3 is 2.96 bits per heavy atom. The number of nitrogens with one attached hydrogen (secondary N) is 1. The fraction of sp³-hybridized carbons (Fsp3) is 0.600. The van der Waals surface area contributed by atoms with E-state index in [1.807, 2.05) is 12.1 Å². The number of hydrogen-bond acceptors (Lipinski definition) is 5. The van der Waals surface area contributed by atoms with E-state index in [1.165, 1.54) is 0 Å². The molecular formula is C15H21ClN2O4S. The average Bonchev–Trinajstić information content (AvgIpc) is 3.14. The molecular weight excluding hydrogens is 340 g/mol. The summed E-state index contributed by atoms with van der Waals surface area (Å²) in [7, 11) is -1.79. The summed E-state index contributed by atoms with van der Waals surface area (Å²) in [4.78, 5) is 5.47. The lowest BCUT2D eigenvalue weighted by atomic mass is 10.0. The standard InChI is InChI=1S/C15H21ClN2O4S/c1-18-15(11-4-2-5-12(16)8-11)14(10-22-18)23(19,20)17-9-13-6-3-7-21-13/h2,4-5,8,13-15,17H,3,6-7,9-10H2,1H3. The zero-order valence-electron chi connectivity index (χ0n) is 12.9. The van der Waals surface area contributed by atoms with E-state index >= 15 is 0 Å². The summed E-state index contributed by atoms with van der Waals surface area (Å²) in [5, 5.41) is 1.47. The van der Waals surface area contributed by atoms with Crippen LogP contribution in [0.4, 0.5) is 0 Å². The van der Waals surface area contributed by atoms with Crippen molar-refractivity contribution in [1.29, 1.82) is 0 Å². The van der Waals surface area contributed by atoms with Crippen LogP contribution in [0.3, 0.4) is 0 Å². The molecule has 1 N–H and O–H groups in total. The molecule has 0 aliphatic carbocycles. The van der Waals surface area contributed by atoms with Crippen molar-refractivity contribution in [3.05, 3.63) is 34.9 Å². The van der Waals surface area contributed by atoms with Crippen LogP contribution in [0, 0.1) is 0 Å². The Labute approximate surface area is 141 Å². The van der Waals surface area contributed by atoms with Gasteiger partial charge in [0.05, 0.1) is 18.8 Å². The van der Waals surface area contributed by atoms with Crippen LogP contribution in [-0.4, -0.2) is 51.6 Å². The van der Waals surface area contributed by atoms with E-state index < -0.39 is 21.3 Å². The molecule has 3 unspecified atom stereocenters. The van der Waals surface area contributed by atoms with Crippen LogP contribution in [0.5, 0.6) is 0 Å². The Bertz CT molecular complexity index is 649. The first-order valence-electron chi connectivity index (χ1n) is 7.68. The second-order valence-corrected chi connectivity index (χ2v) is 8.33. The van der Waals surface area contributed by atoms with E-state index in [1.54, 1.807) is 24.2 Å². The van der Waals surface area contributed by atoms with Crippen LogP contribution >= 0.6 is 11.6 Å². The number of hydroxylamine groups is 2. The molecule has 1 aromatic rings. The minimum absolute atomic E-state index is 0.0329. The highest BCUT2D eigenvalue weighted by molar-refractivity contribution is 7.90. The van der Waals surface area contributed by atoms with Gasteiger partial charge in [-0.1, -0.05) is 23.7 Å². The molecule has 8 heteroatoms. The molecule has 2 fully saturated rings. The molecule has 2 saturated heterocycles. The fourth-order valence-electron chi connectivity index (χ4n) is 3.09. The summed E-state index contributed by atoms with van der Waals surface area (Å²) < 4.78 is 33.6. The van der Waals surface area contributed by atoms with Crippen LogP contribution in [-0.2, 0) is 19.6 Å². The second kappa shape index (κ2) is 7.04. The Kier molecular flexibility index (Phi) is 5.25. The van der Waals surface area contributed by atoms with Crippen LogP contribution in [0.15, 0.2) is 24.3 Å². The average molecular weight is 361 g/mol. The van der Waals surface area contributed by atoms with Crippen molar-refractivity contribution in [2.45, 2.75) is 30.2 Å². The molecule has 2 aliphatic heterocycles. The molecule has 0 saturated carbocycles. The van der Waals surface area contributed by atoms with Crippen molar-refractivity contribution < 1.29 is 18.0 Å². The predicted molar refractivity (Wildman–Crippen MR) is 87.6 cm³/mol. The van der Waals surface area contributed by atoms with E-state index in [2.05, 4.69) is 4.72 Å². The zero-order chi connectivity index (χ0) is 16.4. The molecule has 23 heavy (non-hydrogen) atoms. The van der Waals surface area contributed by atoms with Crippen molar-refractivity contribution >= 4 is 21.6 Å². The van der Waals surface area contributed by atoms with Gasteiger partial charge in [-0.05, 0) is 30.5 Å². The number of sulfonamides is 1. The van der Waals surface area contributed by atoms with E-state index in [-0.39, 0.29) is 12.7 Å². The highest BCUT2D eigenvalue weighted by Crippen LogP contribution is 2.34. The van der Waals surface area contributed by atoms with Gasteiger partial charge in [0, 0.05) is 25.2 Å². The smallest absolute Gasteiger partial charge is 0.218 e. The second-order valence-electron chi connectivity index (χ2n) is 5.91. The maximum atomic E-state index is 12.7. The minimum atomic E-state index is -3.53. The summed E-state index contributed by atoms with van der Waals surface area (Å²) >= 11 is 6.04. The molecule has 2 heterocycles. The number of halogens is 1. The fourth-order valence-corrected chi connectivity index (χ4v) is 4.83. The number of ether oxygens (including phenoxy) is 1. The van der Waals surface area contributed by atoms with Gasteiger partial charge in [-0.15, -0.1) is 0 Å². The van der Waals surface area contributed by atoms with Crippen LogP contribution in [0.1, 0.15) is 24.4 Å². The summed E-state index contributed by atoms with van der Waals surface area (Å²) in [6.07, 6.45) is 1.84. The van der Waals surface area contributed by atoms with Crippen LogP contribution in [0.2, 0.25) is 5.02 Å². The monoisotopic (exact) mass is 360 g/mol. The van der Waals surface area contributed by atoms with Gasteiger partial charge >= 0.3 is 0 Å². The SMILES string of the molecule is CN1OCC(S(=O)(=O)NCC2CCCO2)C1c1cccc(Cl)c1. The molecule has 0 aromatic heterocycles. The zero-order valence-corrected chi connectivity index (χ0v) is 14.5. The number of nitrogens with zero attached hydrogens (tertiary/aromatic N) is 1. The number of benzene rings is 1. The molecule has 1 aromatic carbocycles. The lowest BCUT2D eigenvalue weighted by Crippen LogP contribution is -2.42. The Morgan fingerprint density at radius 2 is 2.26 bits per heavy atom. The first-order chi connectivity index (χ1) is 11.0. The molecule has 2 aliphatic rings. The van der Waals surface area contributed by atoms with Gasteiger partial charge in [-0.2, -0.15) is 5.06 Å². The molecule has 6 nitrogen and oxygen atoms in total. The van der Waals surface area contributed by atoms with Gasteiger partial charge < -0.3 is 4.74 Å². The molecule has 0 spiro atoms. The summed E-state index contributed by atoms with van der Waals surface area (Å²) in [6.45, 7) is 1.13. The number of hydrogen-bond donors (Lipinski definition) is 1. The van der Waals surface area contributed by atoms with E-state index in [0.717, 1.165) is 18.4 Å². The van der Waals surface area contributed by atoms with Crippen LogP contribution in [0.25, 0.3) is 0 Å². The van der Waals surface area contributed by atoms with E-state index in [0.29, 0.717) is 18.2 Å². The largest absolute Gasteiger partial charge is 0.377 e. The van der Waals surface area contributed by atoms with Crippen LogP contribution < -0.4 is 4.72 Å². The molecule has 128 valence electrons. The third kappa shape index (κ3) is 3.87. The van der Waals surface area contributed by atoms with Gasteiger partial charge in [-0.3, -0.25) is 4.84 Å². The van der Waals surface area contributed by atoms with Gasteiger partial charge in [0.15, 0.2) is 0 Å². The van der Waals surface area contributed by atoms with Gasteiger partial charge in [-0.25, -0.2) is 13.1 Å². The van der Waals surface area contributed by atoms with Gasteiger partial charge in [0.25, 0.3) is 0 Å². The lowest BCUT2D eigenvalue weighted by Gasteiger charge is -2.23. The maximum Gasteiger partial charge on any atom is 0.218 e. The lowest BCUT2D eigenvalue weighted by molar-refractivity contribution is -0.110. The Balaban J connectivity index is 1.76. The first-order valence-corrected chi connectivity index (χ1v) is 9.61. The topological polar surface area (TPSA) is 67.9 Å². The Hall–Kier alpha value is -0.700. The molecule has 0 bridgehead atoms. The van der Waals surface area contributed by atoms with Gasteiger partial charge in [0.1, 0.15) is 5.25 Å². The predicted octanol–water partition coefficient (Wildman–Crippen LogP) is 1.73. The first kappa shape index (κ1) is 17.1. The summed E-state index contributed by atoms with van der Waals surface area (Å²) in [6, 6.07) is 6.83. The molecule has 0 amide bonds. The third-order valence-electron chi connectivity index (χ3n) is 4.31. The quantitative estimate of drug-likeness (QED) is 0.866. The summed E-state index contributed by atoms with van der Waals surface area (Å²) in [5.74, 6) is 0. The highest BCUT2D eigenvalue weighted by atomic mass is 35.5. The Morgan fingerprint density at radius 1 is 1.43 bits per heavy atom. The highest BCUT2D eigenvalue weighted by Gasteiger charge is 2.43. The normalized spacial score (nSPS) is 29.2. The van der Waals surface area contributed by atoms with Crippen molar-refractivity contribution in [2.24, 2.45) is 0 Å². The van der Waals surface area contributed by atoms with Crippen molar-refractivity contribution in [2.75, 3.05) is 26.8 Å². The summed E-state index contributed by atoms with van der Waals surface area (Å²) in [5.41, 5.74) is 0.824. The van der Waals surface area contributed by atoms with Crippen molar-refractivity contribution in [1.82, 2.24) is 9.79 Å². The van der Waals surface area contributed by atoms with E-state index in [9.17, 15) is 8.42 Å². The molecule has 0 radical (unpaired) electrons. The maximum absolute atomic E-state index is 12.7. The molecule has 3 atom stereocenters. The third-order valence-corrected chi connectivity index (χ3v) is 6.31. The molecule has 3 rings (SSSR count). The number of rotatable bonds is 5. The van der Waals surface area contributed by atoms with E-state index in [4.69, 9.17) is 21.2 Å². The van der Waals surface area contributed by atoms with Crippen molar-refractivity contribution in [3.8, 4) is 0 Å². The van der Waals surface area contributed by atoms with Gasteiger partial charge in [0.2, 0.25) is 10.0 Å². The minimum Gasteiger partial charge on any atom is -0.377 e. The van der Waals surface area contributed by atoms with Crippen molar-refractivity contribution in [3.63, 3.8) is 0 Å².